The molecule has 1 aliphatic heterocycles. The Bertz CT molecular complexity index is 500. The van der Waals surface area contributed by atoms with Crippen LogP contribution in [0.15, 0.2) is 11.6 Å². The van der Waals surface area contributed by atoms with Crippen molar-refractivity contribution >= 4 is 17.8 Å². The molecule has 0 spiro atoms. The number of hydrogen-bond donors (Lipinski definition) is 1. The molecule has 1 fully saturated rings. The average molecular weight is 281 g/mol. The van der Waals surface area contributed by atoms with Crippen molar-refractivity contribution in [2.24, 2.45) is 16.2 Å². The third-order valence-electron chi connectivity index (χ3n) is 5.74. The van der Waals surface area contributed by atoms with Crippen LogP contribution in [0.1, 0.15) is 41.5 Å². The maximum Gasteiger partial charge on any atom is 0.310 e. The third-order valence-corrected chi connectivity index (χ3v) is 5.74. The maximum absolute atomic E-state index is 10.9. The van der Waals surface area contributed by atoms with Gasteiger partial charge < -0.3 is 5.11 Å². The number of rotatable bonds is 1. The summed E-state index contributed by atoms with van der Waals surface area (Å²) in [6, 6.07) is 0. The summed E-state index contributed by atoms with van der Waals surface area (Å²) < 4.78 is 0. The molecule has 0 unspecified atom stereocenters. The molecule has 2 amide bonds. The molecule has 5 nitrogen and oxygen atoms in total. The van der Waals surface area contributed by atoms with E-state index in [2.05, 4.69) is 0 Å². The zero-order valence-electron chi connectivity index (χ0n) is 13.2. The van der Waals surface area contributed by atoms with Crippen molar-refractivity contribution < 1.29 is 19.5 Å². The summed E-state index contributed by atoms with van der Waals surface area (Å²) in [5, 5.41) is 8.98. The van der Waals surface area contributed by atoms with E-state index in [-0.39, 0.29) is 22.6 Å². The summed E-state index contributed by atoms with van der Waals surface area (Å²) in [7, 11) is 1.47. The lowest BCUT2D eigenvalue weighted by Crippen LogP contribution is -2.25. The number of carboxylic acids is 1. The van der Waals surface area contributed by atoms with Gasteiger partial charge in [-0.25, -0.2) is 0 Å². The van der Waals surface area contributed by atoms with Gasteiger partial charge in [-0.05, 0) is 24.7 Å². The zero-order chi connectivity index (χ0) is 16.1. The Morgan fingerprint density at radius 1 is 1.10 bits per heavy atom. The van der Waals surface area contributed by atoms with E-state index in [0.717, 1.165) is 4.90 Å². The van der Waals surface area contributed by atoms with E-state index in [4.69, 9.17) is 5.11 Å². The molecule has 5 heteroatoms. The highest BCUT2D eigenvalue weighted by molar-refractivity contribution is 6.15. The van der Waals surface area contributed by atoms with Gasteiger partial charge in [0.05, 0.1) is 5.41 Å². The van der Waals surface area contributed by atoms with Crippen LogP contribution >= 0.6 is 0 Å². The van der Waals surface area contributed by atoms with Gasteiger partial charge >= 0.3 is 5.97 Å². The number of carbonyl (C=O) groups is 3. The number of carboxylic acid groups (broad SMARTS) is 1. The van der Waals surface area contributed by atoms with Crippen LogP contribution in [0.2, 0.25) is 0 Å². The smallest absolute Gasteiger partial charge is 0.310 e. The number of aliphatic carboxylic acids is 1. The topological polar surface area (TPSA) is 74.7 Å². The molecule has 0 atom stereocenters. The predicted molar refractivity (Wildman–Crippen MR) is 74.8 cm³/mol. The number of imide groups is 1. The fourth-order valence-corrected chi connectivity index (χ4v) is 2.84. The van der Waals surface area contributed by atoms with Gasteiger partial charge in [0.1, 0.15) is 0 Å². The van der Waals surface area contributed by atoms with Crippen LogP contribution in [0.25, 0.3) is 0 Å². The van der Waals surface area contributed by atoms with E-state index in [1.165, 1.54) is 13.1 Å². The van der Waals surface area contributed by atoms with Crippen molar-refractivity contribution in [1.29, 1.82) is 0 Å². The van der Waals surface area contributed by atoms with Crippen LogP contribution in [-0.2, 0) is 14.4 Å². The lowest BCUT2D eigenvalue weighted by Gasteiger charge is -2.07. The quantitative estimate of drug-likeness (QED) is 0.747. The van der Waals surface area contributed by atoms with Crippen LogP contribution in [-0.4, -0.2) is 34.8 Å². The molecule has 0 aromatic heterocycles. The molecular formula is C15H23NO4. The predicted octanol–water partition coefficient (Wildman–Crippen LogP) is 2.07. The molecule has 20 heavy (non-hydrogen) atoms. The van der Waals surface area contributed by atoms with Gasteiger partial charge in [0.2, 0.25) is 0 Å². The summed E-state index contributed by atoms with van der Waals surface area (Å²) in [6.45, 7) is 11.5. The van der Waals surface area contributed by atoms with Gasteiger partial charge in [0, 0.05) is 18.7 Å². The SMILES string of the molecule is CC1(C)C(C)(C)C1(C)C(=O)O.CC1=CC(=O)N(C)C1=O. The number of likely N-dealkylation sites (N-methyl/N-ethyl adjacent to an activating group) is 1. The first-order valence-electron chi connectivity index (χ1n) is 6.56. The normalized spacial score (nSPS) is 24.8. The van der Waals surface area contributed by atoms with E-state index in [0.29, 0.717) is 5.57 Å². The molecule has 1 heterocycles. The van der Waals surface area contributed by atoms with E-state index in [1.807, 2.05) is 34.6 Å². The van der Waals surface area contributed by atoms with Crippen molar-refractivity contribution in [2.75, 3.05) is 7.05 Å². The fraction of sp³-hybridized carbons (Fsp3) is 0.667. The van der Waals surface area contributed by atoms with Gasteiger partial charge in [0.25, 0.3) is 11.8 Å². The number of hydrogen-bond acceptors (Lipinski definition) is 3. The first kappa shape index (κ1) is 16.4. The second-order valence-electron chi connectivity index (χ2n) is 6.71. The molecule has 0 saturated heterocycles. The minimum absolute atomic E-state index is 0.0775. The average Bonchev–Trinajstić information content (AvgIpc) is 2.51. The van der Waals surface area contributed by atoms with Crippen molar-refractivity contribution in [2.45, 2.75) is 41.5 Å². The fourth-order valence-electron chi connectivity index (χ4n) is 2.84. The molecule has 2 rings (SSSR count). The van der Waals surface area contributed by atoms with Gasteiger partial charge in [-0.15, -0.1) is 0 Å². The largest absolute Gasteiger partial charge is 0.481 e. The summed E-state index contributed by atoms with van der Waals surface area (Å²) in [4.78, 5) is 33.4. The summed E-state index contributed by atoms with van der Waals surface area (Å²) in [5.41, 5.74) is -0.181. The standard InChI is InChI=1S/C9H16O2.C6H7NO2/c1-7(2)8(3,4)9(7,5)6(10)11;1-4-3-5(8)7(2)6(4)9/h1-5H3,(H,10,11);3H,1-2H3. The number of amides is 2. The van der Waals surface area contributed by atoms with Crippen LogP contribution in [0.5, 0.6) is 0 Å². The Morgan fingerprint density at radius 3 is 1.55 bits per heavy atom. The second-order valence-corrected chi connectivity index (χ2v) is 6.71. The molecule has 0 aromatic carbocycles. The van der Waals surface area contributed by atoms with Crippen LogP contribution in [0.4, 0.5) is 0 Å². The molecule has 0 bridgehead atoms. The monoisotopic (exact) mass is 281 g/mol. The molecule has 1 aliphatic carbocycles. The highest BCUT2D eigenvalue weighted by Crippen LogP contribution is 2.77. The maximum atomic E-state index is 10.9. The molecule has 0 radical (unpaired) electrons. The summed E-state index contributed by atoms with van der Waals surface area (Å²) in [5.74, 6) is -1.09. The highest BCUT2D eigenvalue weighted by Gasteiger charge is 2.78. The van der Waals surface area contributed by atoms with E-state index >= 15 is 0 Å². The first-order chi connectivity index (χ1) is 8.82. The minimum atomic E-state index is -0.674. The second kappa shape index (κ2) is 4.43. The lowest BCUT2D eigenvalue weighted by molar-refractivity contribution is -0.145. The van der Waals surface area contributed by atoms with Gasteiger partial charge in [-0.3, -0.25) is 19.3 Å². The van der Waals surface area contributed by atoms with E-state index in [1.54, 1.807) is 6.92 Å². The Kier molecular flexibility index (Phi) is 3.64. The third kappa shape index (κ3) is 1.87. The first-order valence-corrected chi connectivity index (χ1v) is 6.56. The van der Waals surface area contributed by atoms with Crippen LogP contribution in [0, 0.1) is 16.2 Å². The number of nitrogens with zero attached hydrogens (tertiary/aromatic N) is 1. The Morgan fingerprint density at radius 2 is 1.50 bits per heavy atom. The highest BCUT2D eigenvalue weighted by atomic mass is 16.4. The Balaban J connectivity index is 0.000000204. The number of carbonyl (C=O) groups excluding carboxylic acids is 2. The Labute approximate surface area is 119 Å². The molecule has 2 aliphatic rings. The molecule has 1 saturated carbocycles. The summed E-state index contributed by atoms with van der Waals surface area (Å²) in [6.07, 6.45) is 1.34. The Hall–Kier alpha value is -1.65. The van der Waals surface area contributed by atoms with E-state index < -0.39 is 11.4 Å². The molecular weight excluding hydrogens is 258 g/mol. The van der Waals surface area contributed by atoms with Crippen LogP contribution < -0.4 is 0 Å². The van der Waals surface area contributed by atoms with Gasteiger partial charge in [-0.2, -0.15) is 0 Å². The van der Waals surface area contributed by atoms with Gasteiger partial charge in [0.15, 0.2) is 0 Å². The molecule has 0 aromatic rings. The zero-order valence-corrected chi connectivity index (χ0v) is 13.2. The van der Waals surface area contributed by atoms with Crippen molar-refractivity contribution in [3.63, 3.8) is 0 Å². The van der Waals surface area contributed by atoms with E-state index in [9.17, 15) is 14.4 Å². The molecule has 1 N–H and O–H groups in total. The minimum Gasteiger partial charge on any atom is -0.481 e. The van der Waals surface area contributed by atoms with Crippen molar-refractivity contribution in [3.8, 4) is 0 Å². The van der Waals surface area contributed by atoms with Crippen molar-refractivity contribution in [1.82, 2.24) is 4.90 Å². The van der Waals surface area contributed by atoms with Crippen molar-refractivity contribution in [3.05, 3.63) is 11.6 Å². The summed E-state index contributed by atoms with van der Waals surface area (Å²) >= 11 is 0. The lowest BCUT2D eigenvalue weighted by atomic mass is 9.98. The van der Waals surface area contributed by atoms with Gasteiger partial charge in [-0.1, -0.05) is 27.7 Å². The molecule has 112 valence electrons. The van der Waals surface area contributed by atoms with Crippen LogP contribution in [0.3, 0.4) is 0 Å².